The van der Waals surface area contributed by atoms with Crippen LogP contribution in [0.3, 0.4) is 0 Å². The first-order valence-electron chi connectivity index (χ1n) is 4.52. The van der Waals surface area contributed by atoms with Gasteiger partial charge in [0.2, 0.25) is 0 Å². The van der Waals surface area contributed by atoms with Gasteiger partial charge in [-0.2, -0.15) is 0 Å². The Labute approximate surface area is 98.0 Å². The molecule has 1 aromatic carbocycles. The van der Waals surface area contributed by atoms with Crippen LogP contribution in [0.15, 0.2) is 23.1 Å². The van der Waals surface area contributed by atoms with Crippen LogP contribution >= 0.6 is 23.4 Å². The maximum atomic E-state index is 10.7. The number of thioether (sulfide) groups is 1. The fourth-order valence-corrected chi connectivity index (χ4v) is 2.17. The van der Waals surface area contributed by atoms with Crippen molar-refractivity contribution in [3.8, 4) is 0 Å². The lowest BCUT2D eigenvalue weighted by atomic mass is 10.2. The Kier molecular flexibility index (Phi) is 4.42. The summed E-state index contributed by atoms with van der Waals surface area (Å²) in [4.78, 5) is 11.2. The minimum Gasteiger partial charge on any atom is -0.258 e. The van der Waals surface area contributed by atoms with Crippen molar-refractivity contribution >= 4 is 29.1 Å². The molecule has 1 rings (SSSR count). The quantitative estimate of drug-likeness (QED) is 0.352. The highest BCUT2D eigenvalue weighted by Crippen LogP contribution is 2.29. The van der Waals surface area contributed by atoms with E-state index >= 15 is 0 Å². The highest BCUT2D eigenvalue weighted by atomic mass is 35.5. The van der Waals surface area contributed by atoms with Crippen LogP contribution in [0.4, 0.5) is 5.69 Å². The van der Waals surface area contributed by atoms with Crippen LogP contribution in [0.25, 0.3) is 0 Å². The summed E-state index contributed by atoms with van der Waals surface area (Å²) in [5.41, 5.74) is 0.852. The van der Waals surface area contributed by atoms with Gasteiger partial charge in [0.05, 0.1) is 4.92 Å². The van der Waals surface area contributed by atoms with E-state index in [0.717, 1.165) is 4.90 Å². The zero-order chi connectivity index (χ0) is 11.4. The van der Waals surface area contributed by atoms with Crippen molar-refractivity contribution in [3.05, 3.63) is 33.9 Å². The number of aryl methyl sites for hydroxylation is 1. The Bertz CT molecular complexity index is 370. The van der Waals surface area contributed by atoms with Crippen LogP contribution in [0.2, 0.25) is 0 Å². The minimum atomic E-state index is -0.356. The van der Waals surface area contributed by atoms with Crippen LogP contribution in [0.1, 0.15) is 12.5 Å². The van der Waals surface area contributed by atoms with Gasteiger partial charge >= 0.3 is 0 Å². The fraction of sp³-hybridized carbons (Fsp3) is 0.400. The van der Waals surface area contributed by atoms with Gasteiger partial charge in [0.15, 0.2) is 0 Å². The fourth-order valence-electron chi connectivity index (χ4n) is 1.12. The number of nitro groups is 1. The lowest BCUT2D eigenvalue weighted by Gasteiger charge is -2.07. The molecule has 82 valence electrons. The molecule has 0 heterocycles. The maximum absolute atomic E-state index is 10.7. The van der Waals surface area contributed by atoms with Crippen molar-refractivity contribution in [1.82, 2.24) is 0 Å². The summed E-state index contributed by atoms with van der Waals surface area (Å²) in [5.74, 6) is 0.534. The van der Waals surface area contributed by atoms with E-state index in [1.807, 2.05) is 13.0 Å². The Morgan fingerprint density at radius 1 is 1.60 bits per heavy atom. The normalized spacial score (nSPS) is 12.5. The van der Waals surface area contributed by atoms with Gasteiger partial charge in [-0.1, -0.05) is 13.0 Å². The van der Waals surface area contributed by atoms with E-state index in [9.17, 15) is 10.1 Å². The average Bonchev–Trinajstić information content (AvgIpc) is 2.20. The number of nitro benzene ring substituents is 1. The molecule has 0 aliphatic heterocycles. The van der Waals surface area contributed by atoms with Gasteiger partial charge in [0.1, 0.15) is 0 Å². The van der Waals surface area contributed by atoms with E-state index in [2.05, 4.69) is 0 Å². The van der Waals surface area contributed by atoms with Crippen LogP contribution in [-0.2, 0) is 0 Å². The molecular formula is C10H12ClNO2S. The van der Waals surface area contributed by atoms with Crippen molar-refractivity contribution < 1.29 is 4.92 Å². The van der Waals surface area contributed by atoms with Crippen LogP contribution in [-0.4, -0.2) is 16.1 Å². The van der Waals surface area contributed by atoms with Gasteiger partial charge in [0.25, 0.3) is 5.69 Å². The Balaban J connectivity index is 2.92. The molecule has 1 atom stereocenters. The second-order valence-corrected chi connectivity index (χ2v) is 5.11. The van der Waals surface area contributed by atoms with Crippen LogP contribution < -0.4 is 0 Å². The first kappa shape index (κ1) is 12.3. The summed E-state index contributed by atoms with van der Waals surface area (Å²) in [6.45, 7) is 3.72. The van der Waals surface area contributed by atoms with Crippen molar-refractivity contribution in [2.45, 2.75) is 24.0 Å². The molecule has 0 aromatic heterocycles. The summed E-state index contributed by atoms with van der Waals surface area (Å²) in [5, 5.41) is 11.0. The molecule has 0 saturated heterocycles. The van der Waals surface area contributed by atoms with Crippen LogP contribution in [0.5, 0.6) is 0 Å². The third-order valence-corrected chi connectivity index (χ3v) is 3.67. The Morgan fingerprint density at radius 2 is 2.27 bits per heavy atom. The molecule has 0 bridgehead atoms. The Morgan fingerprint density at radius 3 is 2.80 bits per heavy atom. The second kappa shape index (κ2) is 5.37. The number of alkyl halides is 1. The molecule has 0 fully saturated rings. The van der Waals surface area contributed by atoms with Crippen molar-refractivity contribution in [2.24, 2.45) is 0 Å². The van der Waals surface area contributed by atoms with Gasteiger partial charge in [-0.05, 0) is 13.0 Å². The van der Waals surface area contributed by atoms with Gasteiger partial charge in [-0.25, -0.2) is 0 Å². The van der Waals surface area contributed by atoms with E-state index in [0.29, 0.717) is 11.4 Å². The smallest absolute Gasteiger partial charge is 0.258 e. The molecule has 3 nitrogen and oxygen atoms in total. The number of hydrogen-bond donors (Lipinski definition) is 0. The molecule has 0 saturated carbocycles. The van der Waals surface area contributed by atoms with E-state index in [1.165, 1.54) is 0 Å². The summed E-state index contributed by atoms with van der Waals surface area (Å²) in [6.07, 6.45) is 0. The highest BCUT2D eigenvalue weighted by molar-refractivity contribution is 8.00. The number of benzene rings is 1. The van der Waals surface area contributed by atoms with Crippen molar-refractivity contribution in [2.75, 3.05) is 5.88 Å². The molecule has 0 N–H and O–H groups in total. The van der Waals surface area contributed by atoms with Gasteiger partial charge < -0.3 is 0 Å². The SMILES string of the molecule is Cc1ccc(SC(C)CCl)cc1[N+](=O)[O-]. The molecule has 0 radical (unpaired) electrons. The highest BCUT2D eigenvalue weighted by Gasteiger charge is 2.12. The molecule has 1 aromatic rings. The molecule has 0 spiro atoms. The molecular weight excluding hydrogens is 234 g/mol. The third-order valence-electron chi connectivity index (χ3n) is 1.93. The van der Waals surface area contributed by atoms with E-state index < -0.39 is 0 Å². The predicted octanol–water partition coefficient (Wildman–Crippen LogP) is 3.62. The molecule has 0 aliphatic carbocycles. The summed E-state index contributed by atoms with van der Waals surface area (Å²) < 4.78 is 0. The maximum Gasteiger partial charge on any atom is 0.273 e. The topological polar surface area (TPSA) is 43.1 Å². The number of nitrogens with zero attached hydrogens (tertiary/aromatic N) is 1. The average molecular weight is 246 g/mol. The second-order valence-electron chi connectivity index (χ2n) is 3.29. The first-order chi connectivity index (χ1) is 7.04. The number of halogens is 1. The molecule has 1 unspecified atom stereocenters. The number of hydrogen-bond acceptors (Lipinski definition) is 3. The van der Waals surface area contributed by atoms with Crippen molar-refractivity contribution in [1.29, 1.82) is 0 Å². The van der Waals surface area contributed by atoms with E-state index in [4.69, 9.17) is 11.6 Å². The minimum absolute atomic E-state index is 0.168. The zero-order valence-electron chi connectivity index (χ0n) is 8.57. The summed E-state index contributed by atoms with van der Waals surface area (Å²) >= 11 is 7.23. The van der Waals surface area contributed by atoms with Gasteiger partial charge in [0, 0.05) is 27.7 Å². The first-order valence-corrected chi connectivity index (χ1v) is 5.93. The van der Waals surface area contributed by atoms with E-state index in [-0.39, 0.29) is 15.9 Å². The molecule has 5 heteroatoms. The zero-order valence-corrected chi connectivity index (χ0v) is 10.1. The van der Waals surface area contributed by atoms with E-state index in [1.54, 1.807) is 30.8 Å². The van der Waals surface area contributed by atoms with Gasteiger partial charge in [-0.3, -0.25) is 10.1 Å². The van der Waals surface area contributed by atoms with Crippen LogP contribution in [0, 0.1) is 17.0 Å². The summed E-state index contributed by atoms with van der Waals surface area (Å²) in [7, 11) is 0. The standard InChI is InChI=1S/C10H12ClNO2S/c1-7-3-4-9(15-8(2)6-11)5-10(7)12(13)14/h3-5,8H,6H2,1-2H3. The van der Waals surface area contributed by atoms with Gasteiger partial charge in [-0.15, -0.1) is 23.4 Å². The third kappa shape index (κ3) is 3.39. The number of rotatable bonds is 4. The predicted molar refractivity (Wildman–Crippen MR) is 63.9 cm³/mol. The molecule has 15 heavy (non-hydrogen) atoms. The largest absolute Gasteiger partial charge is 0.273 e. The molecule has 0 aliphatic rings. The Hall–Kier alpha value is -0.740. The van der Waals surface area contributed by atoms with Crippen molar-refractivity contribution in [3.63, 3.8) is 0 Å². The summed E-state index contributed by atoms with van der Waals surface area (Å²) in [6, 6.07) is 5.25. The molecule has 0 amide bonds. The lowest BCUT2D eigenvalue weighted by molar-refractivity contribution is -0.385. The monoisotopic (exact) mass is 245 g/mol. The lowest BCUT2D eigenvalue weighted by Crippen LogP contribution is -1.97.